The molecule has 126 valence electrons. The van der Waals surface area contributed by atoms with Gasteiger partial charge in [0.05, 0.1) is 6.61 Å². The molecule has 1 aromatic rings. The first-order chi connectivity index (χ1) is 11.1. The Bertz CT molecular complexity index is 560. The number of amides is 2. The van der Waals surface area contributed by atoms with Crippen LogP contribution in [0.25, 0.3) is 0 Å². The van der Waals surface area contributed by atoms with E-state index in [4.69, 9.17) is 4.74 Å². The molecule has 0 aromatic carbocycles. The van der Waals surface area contributed by atoms with E-state index >= 15 is 0 Å². The molecule has 0 radical (unpaired) electrons. The van der Waals surface area contributed by atoms with E-state index < -0.39 is 0 Å². The van der Waals surface area contributed by atoms with Crippen LogP contribution in [0.3, 0.4) is 0 Å². The van der Waals surface area contributed by atoms with Crippen LogP contribution >= 0.6 is 0 Å². The summed E-state index contributed by atoms with van der Waals surface area (Å²) in [6.45, 7) is 2.68. The van der Waals surface area contributed by atoms with E-state index in [2.05, 4.69) is 10.2 Å². The number of rotatable bonds is 3. The van der Waals surface area contributed by atoms with E-state index in [0.29, 0.717) is 43.6 Å². The minimum atomic E-state index is -0.0368. The first-order valence-corrected chi connectivity index (χ1v) is 8.14. The molecule has 3 atom stereocenters. The number of fused-ring (bicyclic) bond motifs is 1. The Hall–Kier alpha value is -1.89. The number of piperidine rings is 1. The van der Waals surface area contributed by atoms with E-state index in [1.165, 1.54) is 0 Å². The van der Waals surface area contributed by atoms with Gasteiger partial charge in [-0.05, 0) is 24.8 Å². The third kappa shape index (κ3) is 3.10. The first-order valence-electron chi connectivity index (χ1n) is 8.14. The largest absolute Gasteiger partial charge is 0.384 e. The normalized spacial score (nSPS) is 28.4. The van der Waals surface area contributed by atoms with E-state index in [0.717, 1.165) is 13.0 Å². The van der Waals surface area contributed by atoms with Crippen LogP contribution in [0, 0.1) is 17.8 Å². The fourth-order valence-corrected chi connectivity index (χ4v) is 4.00. The molecule has 2 aliphatic rings. The molecule has 2 fully saturated rings. The zero-order valence-electron chi connectivity index (χ0n) is 13.7. The average Bonchev–Trinajstić information content (AvgIpc) is 2.98. The van der Waals surface area contributed by atoms with Gasteiger partial charge in [-0.1, -0.05) is 0 Å². The van der Waals surface area contributed by atoms with Crippen LogP contribution in [0.2, 0.25) is 0 Å². The molecule has 0 bridgehead atoms. The van der Waals surface area contributed by atoms with Crippen molar-refractivity contribution < 1.29 is 14.3 Å². The second-order valence-corrected chi connectivity index (χ2v) is 6.54. The number of hydrogen-bond donors (Lipinski definition) is 1. The molecule has 2 aliphatic heterocycles. The smallest absolute Gasteiger partial charge is 0.271 e. The molecule has 3 heterocycles. The molecule has 1 N–H and O–H groups in total. The van der Waals surface area contributed by atoms with Gasteiger partial charge in [0.15, 0.2) is 0 Å². The van der Waals surface area contributed by atoms with Crippen molar-refractivity contribution in [1.82, 2.24) is 20.0 Å². The van der Waals surface area contributed by atoms with Crippen LogP contribution in [0.4, 0.5) is 0 Å². The summed E-state index contributed by atoms with van der Waals surface area (Å²) in [6, 6.07) is 1.69. The van der Waals surface area contributed by atoms with E-state index in [9.17, 15) is 9.59 Å². The number of H-pyrrole nitrogens is 1. The van der Waals surface area contributed by atoms with Crippen molar-refractivity contribution in [3.8, 4) is 0 Å². The number of nitrogens with zero attached hydrogens (tertiary/aromatic N) is 3. The van der Waals surface area contributed by atoms with E-state index in [-0.39, 0.29) is 17.7 Å². The average molecular weight is 320 g/mol. The number of methoxy groups -OCH3 is 1. The summed E-state index contributed by atoms with van der Waals surface area (Å²) in [5.74, 6) is 0.796. The molecule has 23 heavy (non-hydrogen) atoms. The highest BCUT2D eigenvalue weighted by atomic mass is 16.5. The maximum absolute atomic E-state index is 12.5. The fourth-order valence-electron chi connectivity index (χ4n) is 4.00. The number of carbonyl (C=O) groups excluding carboxylic acids is 2. The number of nitrogens with one attached hydrogen (secondary N) is 1. The minimum Gasteiger partial charge on any atom is -0.384 e. The highest BCUT2D eigenvalue weighted by Crippen LogP contribution is 2.36. The van der Waals surface area contributed by atoms with Crippen LogP contribution in [0.1, 0.15) is 23.3 Å². The zero-order valence-corrected chi connectivity index (χ0v) is 13.7. The number of carbonyl (C=O) groups is 2. The lowest BCUT2D eigenvalue weighted by Crippen LogP contribution is -2.49. The van der Waals surface area contributed by atoms with Crippen LogP contribution in [0.15, 0.2) is 12.3 Å². The topological polar surface area (TPSA) is 78.5 Å². The SMILES string of the molecule is COC[C@@H]1CN(C)C(=O)[C@H]2CCN(C(=O)c3ccn[nH]3)CC[C@@H]12. The Labute approximate surface area is 136 Å². The number of ether oxygens (including phenoxy) is 1. The molecule has 0 aliphatic carbocycles. The summed E-state index contributed by atoms with van der Waals surface area (Å²) in [7, 11) is 3.57. The van der Waals surface area contributed by atoms with Crippen molar-refractivity contribution in [2.45, 2.75) is 12.8 Å². The monoisotopic (exact) mass is 320 g/mol. The Morgan fingerprint density at radius 1 is 1.43 bits per heavy atom. The molecule has 0 spiro atoms. The first kappa shape index (κ1) is 16.0. The van der Waals surface area contributed by atoms with Gasteiger partial charge in [0, 0.05) is 51.8 Å². The van der Waals surface area contributed by atoms with Gasteiger partial charge in [-0.25, -0.2) is 0 Å². The van der Waals surface area contributed by atoms with Crippen LogP contribution < -0.4 is 0 Å². The summed E-state index contributed by atoms with van der Waals surface area (Å²) in [6.07, 6.45) is 3.14. The molecule has 2 amide bonds. The third-order valence-corrected chi connectivity index (χ3v) is 5.17. The maximum Gasteiger partial charge on any atom is 0.271 e. The van der Waals surface area contributed by atoms with Gasteiger partial charge in [-0.2, -0.15) is 5.10 Å². The number of aromatic nitrogens is 2. The zero-order chi connectivity index (χ0) is 16.4. The van der Waals surface area contributed by atoms with Gasteiger partial charge in [0.1, 0.15) is 5.69 Å². The minimum absolute atomic E-state index is 0.00605. The molecule has 7 nitrogen and oxygen atoms in total. The van der Waals surface area contributed by atoms with Gasteiger partial charge in [-0.15, -0.1) is 0 Å². The van der Waals surface area contributed by atoms with Gasteiger partial charge < -0.3 is 14.5 Å². The third-order valence-electron chi connectivity index (χ3n) is 5.17. The molecule has 1 aromatic heterocycles. The van der Waals surface area contributed by atoms with Crippen molar-refractivity contribution >= 4 is 11.8 Å². The molecule has 7 heteroatoms. The molecule has 3 rings (SSSR count). The van der Waals surface area contributed by atoms with Crippen LogP contribution in [-0.2, 0) is 9.53 Å². The molecular formula is C16H24N4O3. The van der Waals surface area contributed by atoms with Gasteiger partial charge in [-0.3, -0.25) is 14.7 Å². The Morgan fingerprint density at radius 2 is 2.22 bits per heavy atom. The Kier molecular flexibility index (Phi) is 4.66. The summed E-state index contributed by atoms with van der Waals surface area (Å²) >= 11 is 0. The summed E-state index contributed by atoms with van der Waals surface area (Å²) in [5, 5.41) is 6.57. The fraction of sp³-hybridized carbons (Fsp3) is 0.688. The predicted molar refractivity (Wildman–Crippen MR) is 83.7 cm³/mol. The second kappa shape index (κ2) is 6.70. The van der Waals surface area contributed by atoms with E-state index in [1.807, 2.05) is 16.8 Å². The predicted octanol–water partition coefficient (Wildman–Crippen LogP) is 0.613. The quantitative estimate of drug-likeness (QED) is 0.885. The van der Waals surface area contributed by atoms with Crippen LogP contribution in [-0.4, -0.2) is 72.2 Å². The van der Waals surface area contributed by atoms with Crippen molar-refractivity contribution in [3.63, 3.8) is 0 Å². The van der Waals surface area contributed by atoms with Gasteiger partial charge in [0.25, 0.3) is 5.91 Å². The summed E-state index contributed by atoms with van der Waals surface area (Å²) < 4.78 is 5.36. The maximum atomic E-state index is 12.5. The molecule has 0 saturated carbocycles. The van der Waals surface area contributed by atoms with Gasteiger partial charge >= 0.3 is 0 Å². The van der Waals surface area contributed by atoms with Crippen molar-refractivity contribution in [3.05, 3.63) is 18.0 Å². The lowest BCUT2D eigenvalue weighted by Gasteiger charge is -2.40. The lowest BCUT2D eigenvalue weighted by atomic mass is 9.75. The van der Waals surface area contributed by atoms with Crippen molar-refractivity contribution in [2.24, 2.45) is 17.8 Å². The molecular weight excluding hydrogens is 296 g/mol. The summed E-state index contributed by atoms with van der Waals surface area (Å²) in [5.41, 5.74) is 0.506. The Morgan fingerprint density at radius 3 is 2.91 bits per heavy atom. The summed E-state index contributed by atoms with van der Waals surface area (Å²) in [4.78, 5) is 28.7. The Balaban J connectivity index is 1.75. The highest BCUT2D eigenvalue weighted by molar-refractivity contribution is 5.92. The standard InChI is InChI=1S/C16H24N4O3/c1-19-9-11(10-23-2)12-4-7-20(8-5-13(12)15(19)21)16(22)14-3-6-17-18-14/h3,6,11-13H,4-5,7-10H2,1-2H3,(H,17,18)/t11-,12-,13-/m0/s1. The molecule has 0 unspecified atom stereocenters. The van der Waals surface area contributed by atoms with E-state index in [1.54, 1.807) is 19.4 Å². The molecule has 2 saturated heterocycles. The number of hydrogen-bond acceptors (Lipinski definition) is 4. The van der Waals surface area contributed by atoms with Crippen LogP contribution in [0.5, 0.6) is 0 Å². The number of aromatic amines is 1. The van der Waals surface area contributed by atoms with Crippen molar-refractivity contribution in [1.29, 1.82) is 0 Å². The van der Waals surface area contributed by atoms with Crippen molar-refractivity contribution in [2.75, 3.05) is 40.4 Å². The number of likely N-dealkylation sites (tertiary alicyclic amines) is 2. The highest BCUT2D eigenvalue weighted by Gasteiger charge is 2.42. The second-order valence-electron chi connectivity index (χ2n) is 6.54. The van der Waals surface area contributed by atoms with Gasteiger partial charge in [0.2, 0.25) is 5.91 Å². The lowest BCUT2D eigenvalue weighted by molar-refractivity contribution is -0.143.